The summed E-state index contributed by atoms with van der Waals surface area (Å²) < 4.78 is 0. The molecule has 0 aromatic rings. The molecular weight excluding hydrogens is 192 g/mol. The molecule has 0 heteroatoms. The highest BCUT2D eigenvalue weighted by Crippen LogP contribution is 2.12. The van der Waals surface area contributed by atoms with Crippen molar-refractivity contribution in [3.63, 3.8) is 0 Å². The summed E-state index contributed by atoms with van der Waals surface area (Å²) in [5.74, 6) is 0. The van der Waals surface area contributed by atoms with Crippen molar-refractivity contribution in [1.82, 2.24) is 0 Å². The molecule has 0 fully saturated rings. The molecule has 0 bridgehead atoms. The van der Waals surface area contributed by atoms with Crippen LogP contribution in [-0.4, -0.2) is 0 Å². The lowest BCUT2D eigenvalue weighted by Gasteiger charge is -2.01. The third-order valence-corrected chi connectivity index (χ3v) is 3.21. The SMILES string of the molecule is C.CCCCCCCCCCCCCCC. The molecule has 0 spiro atoms. The molecule has 0 heterocycles. The molecule has 0 saturated carbocycles. The van der Waals surface area contributed by atoms with Gasteiger partial charge in [0.15, 0.2) is 0 Å². The Morgan fingerprint density at radius 3 is 0.750 bits per heavy atom. The summed E-state index contributed by atoms with van der Waals surface area (Å²) in [6, 6.07) is 0. The minimum Gasteiger partial charge on any atom is -0.0776 e. The van der Waals surface area contributed by atoms with Gasteiger partial charge in [0.2, 0.25) is 0 Å². The molecule has 0 radical (unpaired) electrons. The third kappa shape index (κ3) is 16.4. The second kappa shape index (κ2) is 17.4. The standard InChI is InChI=1S/C15H32.CH4/c1-3-5-7-9-11-13-15-14-12-10-8-6-4-2;/h3-15H2,1-2H3;1H4. The second-order valence-electron chi connectivity index (χ2n) is 4.89. The average molecular weight is 228 g/mol. The van der Waals surface area contributed by atoms with Crippen LogP contribution in [0.5, 0.6) is 0 Å². The minimum atomic E-state index is 0. The fourth-order valence-corrected chi connectivity index (χ4v) is 2.09. The molecule has 0 aliphatic rings. The first kappa shape index (κ1) is 18.4. The van der Waals surface area contributed by atoms with Crippen molar-refractivity contribution in [3.05, 3.63) is 0 Å². The van der Waals surface area contributed by atoms with Crippen molar-refractivity contribution in [2.24, 2.45) is 0 Å². The molecule has 0 aliphatic carbocycles. The molecule has 100 valence electrons. The quantitative estimate of drug-likeness (QED) is 0.325. The van der Waals surface area contributed by atoms with Crippen LogP contribution >= 0.6 is 0 Å². The predicted octanol–water partition coefficient (Wildman–Crippen LogP) is 6.73. The Kier molecular flexibility index (Phi) is 20.0. The first-order valence-corrected chi connectivity index (χ1v) is 7.41. The summed E-state index contributed by atoms with van der Waals surface area (Å²) in [4.78, 5) is 0. The van der Waals surface area contributed by atoms with Crippen LogP contribution in [0.3, 0.4) is 0 Å². The molecule has 0 rings (SSSR count). The van der Waals surface area contributed by atoms with Gasteiger partial charge in [-0.05, 0) is 0 Å². The second-order valence-corrected chi connectivity index (χ2v) is 4.89. The molecule has 0 saturated heterocycles. The summed E-state index contributed by atoms with van der Waals surface area (Å²) in [6.45, 7) is 4.58. The topological polar surface area (TPSA) is 0 Å². The van der Waals surface area contributed by atoms with E-state index < -0.39 is 0 Å². The third-order valence-electron chi connectivity index (χ3n) is 3.21. The maximum atomic E-state index is 2.29. The van der Waals surface area contributed by atoms with E-state index in [9.17, 15) is 0 Å². The van der Waals surface area contributed by atoms with Gasteiger partial charge in [0, 0.05) is 0 Å². The van der Waals surface area contributed by atoms with Crippen LogP contribution < -0.4 is 0 Å². The molecule has 0 unspecified atom stereocenters. The van der Waals surface area contributed by atoms with Crippen LogP contribution in [-0.2, 0) is 0 Å². The Morgan fingerprint density at radius 2 is 0.562 bits per heavy atom. The Labute approximate surface area is 105 Å². The first-order valence-electron chi connectivity index (χ1n) is 7.41. The number of hydrogen-bond donors (Lipinski definition) is 0. The summed E-state index contributed by atoms with van der Waals surface area (Å²) in [5.41, 5.74) is 0. The van der Waals surface area contributed by atoms with Gasteiger partial charge >= 0.3 is 0 Å². The first-order chi connectivity index (χ1) is 7.41. The van der Waals surface area contributed by atoms with Crippen molar-refractivity contribution in [2.75, 3.05) is 0 Å². The Hall–Kier alpha value is 0. The zero-order chi connectivity index (χ0) is 11.2. The van der Waals surface area contributed by atoms with Crippen molar-refractivity contribution in [1.29, 1.82) is 0 Å². The van der Waals surface area contributed by atoms with E-state index in [1.807, 2.05) is 0 Å². The van der Waals surface area contributed by atoms with Gasteiger partial charge in [0.05, 0.1) is 0 Å². The highest BCUT2D eigenvalue weighted by molar-refractivity contribution is 4.47. The normalized spacial score (nSPS) is 10.1. The highest BCUT2D eigenvalue weighted by atomic mass is 14.0. The number of rotatable bonds is 12. The van der Waals surface area contributed by atoms with E-state index in [0.717, 1.165) is 0 Å². The average Bonchev–Trinajstić information content (AvgIpc) is 2.26. The van der Waals surface area contributed by atoms with Gasteiger partial charge in [-0.1, -0.05) is 105 Å². The van der Waals surface area contributed by atoms with Gasteiger partial charge in [-0.15, -0.1) is 0 Å². The summed E-state index contributed by atoms with van der Waals surface area (Å²) >= 11 is 0. The lowest BCUT2D eigenvalue weighted by molar-refractivity contribution is 0.542. The molecule has 0 atom stereocenters. The molecule has 0 aliphatic heterocycles. The van der Waals surface area contributed by atoms with Crippen molar-refractivity contribution >= 4 is 0 Å². The monoisotopic (exact) mass is 228 g/mol. The largest absolute Gasteiger partial charge is 0.0776 e. The lowest BCUT2D eigenvalue weighted by atomic mass is 10.1. The maximum Gasteiger partial charge on any atom is -0.0533 e. The number of hydrogen-bond acceptors (Lipinski definition) is 0. The van der Waals surface area contributed by atoms with E-state index in [0.29, 0.717) is 0 Å². The van der Waals surface area contributed by atoms with E-state index in [2.05, 4.69) is 13.8 Å². The molecule has 0 amide bonds. The van der Waals surface area contributed by atoms with Crippen LogP contribution in [0.1, 0.15) is 105 Å². The van der Waals surface area contributed by atoms with E-state index in [1.54, 1.807) is 0 Å². The van der Waals surface area contributed by atoms with Crippen LogP contribution in [0.25, 0.3) is 0 Å². The van der Waals surface area contributed by atoms with Crippen molar-refractivity contribution < 1.29 is 0 Å². The zero-order valence-electron chi connectivity index (χ0n) is 11.2. The van der Waals surface area contributed by atoms with Gasteiger partial charge in [-0.2, -0.15) is 0 Å². The van der Waals surface area contributed by atoms with Gasteiger partial charge in [-0.3, -0.25) is 0 Å². The van der Waals surface area contributed by atoms with Gasteiger partial charge in [0.1, 0.15) is 0 Å². The minimum absolute atomic E-state index is 0. The van der Waals surface area contributed by atoms with Crippen molar-refractivity contribution in [2.45, 2.75) is 105 Å². The van der Waals surface area contributed by atoms with E-state index in [4.69, 9.17) is 0 Å². The molecule has 0 nitrogen and oxygen atoms in total. The Bertz CT molecular complexity index is 84.2. The maximum absolute atomic E-state index is 2.29. The van der Waals surface area contributed by atoms with Gasteiger partial charge < -0.3 is 0 Å². The Balaban J connectivity index is 0. The fraction of sp³-hybridized carbons (Fsp3) is 1.00. The van der Waals surface area contributed by atoms with Crippen LogP contribution in [0.4, 0.5) is 0 Å². The van der Waals surface area contributed by atoms with Crippen LogP contribution in [0.2, 0.25) is 0 Å². The summed E-state index contributed by atoms with van der Waals surface area (Å²) in [6.07, 6.45) is 18.9. The van der Waals surface area contributed by atoms with E-state index in [-0.39, 0.29) is 7.43 Å². The predicted molar refractivity (Wildman–Crippen MR) is 78.1 cm³/mol. The van der Waals surface area contributed by atoms with Crippen LogP contribution in [0.15, 0.2) is 0 Å². The lowest BCUT2D eigenvalue weighted by Crippen LogP contribution is -1.82. The molecule has 0 aromatic carbocycles. The smallest absolute Gasteiger partial charge is 0.0533 e. The van der Waals surface area contributed by atoms with Gasteiger partial charge in [0.25, 0.3) is 0 Å². The van der Waals surface area contributed by atoms with E-state index >= 15 is 0 Å². The van der Waals surface area contributed by atoms with E-state index in [1.165, 1.54) is 83.5 Å². The zero-order valence-corrected chi connectivity index (χ0v) is 11.2. The highest BCUT2D eigenvalue weighted by Gasteiger charge is 1.92. The van der Waals surface area contributed by atoms with Crippen LogP contribution in [0, 0.1) is 0 Å². The van der Waals surface area contributed by atoms with Gasteiger partial charge in [-0.25, -0.2) is 0 Å². The Morgan fingerprint density at radius 1 is 0.375 bits per heavy atom. The molecule has 0 N–H and O–H groups in total. The summed E-state index contributed by atoms with van der Waals surface area (Å²) in [7, 11) is 0. The molecular formula is C16H36. The van der Waals surface area contributed by atoms with Crippen molar-refractivity contribution in [3.8, 4) is 0 Å². The number of unbranched alkanes of at least 4 members (excludes halogenated alkanes) is 12. The molecule has 16 heavy (non-hydrogen) atoms. The molecule has 0 aromatic heterocycles. The summed E-state index contributed by atoms with van der Waals surface area (Å²) in [5, 5.41) is 0. The fourth-order valence-electron chi connectivity index (χ4n) is 2.09.